The molecule has 0 radical (unpaired) electrons. The summed E-state index contributed by atoms with van der Waals surface area (Å²) in [6, 6.07) is 14.4. The lowest BCUT2D eigenvalue weighted by Crippen LogP contribution is -2.14. The zero-order valence-corrected chi connectivity index (χ0v) is 17.2. The van der Waals surface area contributed by atoms with E-state index in [1.807, 2.05) is 29.6 Å². The fraction of sp³-hybridized carbons (Fsp3) is 0.150. The fourth-order valence-electron chi connectivity index (χ4n) is 2.72. The molecule has 2 heterocycles. The molecule has 9 heteroatoms. The van der Waals surface area contributed by atoms with E-state index in [0.717, 1.165) is 22.0 Å². The largest absolute Gasteiger partial charge is 0.497 e. The number of hydrogen-bond acceptors (Lipinski definition) is 7. The Bertz CT molecular complexity index is 1110. The Balaban J connectivity index is 1.41. The van der Waals surface area contributed by atoms with Crippen LogP contribution in [0.15, 0.2) is 59.1 Å². The molecule has 0 aliphatic carbocycles. The van der Waals surface area contributed by atoms with Gasteiger partial charge in [-0.05, 0) is 35.9 Å². The summed E-state index contributed by atoms with van der Waals surface area (Å²) >= 11 is 3.03. The highest BCUT2D eigenvalue weighted by atomic mass is 32.2. The van der Waals surface area contributed by atoms with Crippen LogP contribution >= 0.6 is 23.1 Å². The van der Waals surface area contributed by atoms with Crippen molar-refractivity contribution in [3.05, 3.63) is 76.8 Å². The quantitative estimate of drug-likeness (QED) is 0.353. The standard InChI is InChI=1S/C20H18FN5OS2/c1-27-16-8-6-13(7-9-16)19-23-15(11-28-19)12-29-20-25-24-18(26(20)22)10-14-4-2-3-5-17(14)21/h2-9,11H,10,12,22H2,1H3. The zero-order chi connectivity index (χ0) is 20.2. The number of nitrogens with two attached hydrogens (primary N) is 1. The molecule has 0 saturated heterocycles. The number of halogens is 1. The van der Waals surface area contributed by atoms with E-state index in [1.165, 1.54) is 22.5 Å². The van der Waals surface area contributed by atoms with Gasteiger partial charge >= 0.3 is 0 Å². The number of nitrogen functional groups attached to an aromatic ring is 1. The summed E-state index contributed by atoms with van der Waals surface area (Å²) in [6.45, 7) is 0. The van der Waals surface area contributed by atoms with Crippen LogP contribution in [0.4, 0.5) is 4.39 Å². The number of methoxy groups -OCH3 is 1. The van der Waals surface area contributed by atoms with E-state index in [4.69, 9.17) is 10.6 Å². The van der Waals surface area contributed by atoms with Crippen LogP contribution < -0.4 is 10.6 Å². The van der Waals surface area contributed by atoms with Crippen LogP contribution in [0.5, 0.6) is 5.75 Å². The molecule has 0 unspecified atom stereocenters. The first-order valence-electron chi connectivity index (χ1n) is 8.78. The predicted octanol–water partition coefficient (Wildman–Crippen LogP) is 4.15. The second kappa shape index (κ2) is 8.62. The lowest BCUT2D eigenvalue weighted by atomic mass is 10.1. The van der Waals surface area contributed by atoms with Crippen molar-refractivity contribution < 1.29 is 9.13 Å². The molecule has 0 atom stereocenters. The smallest absolute Gasteiger partial charge is 0.210 e. The van der Waals surface area contributed by atoms with Gasteiger partial charge in [0.1, 0.15) is 16.6 Å². The van der Waals surface area contributed by atoms with Crippen LogP contribution in [0.25, 0.3) is 10.6 Å². The third-order valence-corrected chi connectivity index (χ3v) is 6.20. The minimum atomic E-state index is -0.279. The van der Waals surface area contributed by atoms with Crippen molar-refractivity contribution >= 4 is 23.1 Å². The Labute approximate surface area is 175 Å². The van der Waals surface area contributed by atoms with Gasteiger partial charge in [0.2, 0.25) is 5.16 Å². The van der Waals surface area contributed by atoms with Crippen LogP contribution in [0.2, 0.25) is 0 Å². The van der Waals surface area contributed by atoms with Crippen LogP contribution in [-0.4, -0.2) is 27.0 Å². The zero-order valence-electron chi connectivity index (χ0n) is 15.6. The van der Waals surface area contributed by atoms with Gasteiger partial charge in [-0.15, -0.1) is 21.5 Å². The number of aromatic nitrogens is 4. The molecular formula is C20H18FN5OS2. The molecule has 2 aromatic carbocycles. The second-order valence-corrected chi connectivity index (χ2v) is 8.00. The molecule has 0 amide bonds. The Hall–Kier alpha value is -2.91. The minimum absolute atomic E-state index is 0.279. The average molecular weight is 428 g/mol. The summed E-state index contributed by atoms with van der Waals surface area (Å²) in [4.78, 5) is 4.68. The van der Waals surface area contributed by atoms with Crippen molar-refractivity contribution in [1.29, 1.82) is 0 Å². The molecule has 4 aromatic rings. The molecule has 148 valence electrons. The van der Waals surface area contributed by atoms with Gasteiger partial charge in [-0.25, -0.2) is 14.1 Å². The maximum Gasteiger partial charge on any atom is 0.210 e. The lowest BCUT2D eigenvalue weighted by molar-refractivity contribution is 0.415. The summed E-state index contributed by atoms with van der Waals surface area (Å²) in [5.74, 6) is 7.76. The number of hydrogen-bond donors (Lipinski definition) is 1. The van der Waals surface area contributed by atoms with E-state index >= 15 is 0 Å². The molecule has 6 nitrogen and oxygen atoms in total. The molecule has 0 spiro atoms. The summed E-state index contributed by atoms with van der Waals surface area (Å²) < 4.78 is 20.4. The highest BCUT2D eigenvalue weighted by Gasteiger charge is 2.14. The number of thiazole rings is 1. The average Bonchev–Trinajstić information content (AvgIpc) is 3.35. The van der Waals surface area contributed by atoms with E-state index in [1.54, 1.807) is 36.6 Å². The number of rotatable bonds is 7. The van der Waals surface area contributed by atoms with Crippen LogP contribution in [0, 0.1) is 5.82 Å². The minimum Gasteiger partial charge on any atom is -0.497 e. The third-order valence-electron chi connectivity index (χ3n) is 4.28. The van der Waals surface area contributed by atoms with E-state index in [9.17, 15) is 4.39 Å². The van der Waals surface area contributed by atoms with E-state index in [2.05, 4.69) is 15.2 Å². The van der Waals surface area contributed by atoms with Crippen LogP contribution in [-0.2, 0) is 12.2 Å². The van der Waals surface area contributed by atoms with Crippen LogP contribution in [0.3, 0.4) is 0 Å². The van der Waals surface area contributed by atoms with Gasteiger partial charge in [0.25, 0.3) is 0 Å². The number of nitrogens with zero attached hydrogens (tertiary/aromatic N) is 4. The number of benzene rings is 2. The first-order valence-corrected chi connectivity index (χ1v) is 10.6. The highest BCUT2D eigenvalue weighted by molar-refractivity contribution is 7.98. The summed E-state index contributed by atoms with van der Waals surface area (Å²) in [7, 11) is 1.64. The van der Waals surface area contributed by atoms with Gasteiger partial charge in [-0.2, -0.15) is 0 Å². The topological polar surface area (TPSA) is 78.9 Å². The van der Waals surface area contributed by atoms with Gasteiger partial charge < -0.3 is 10.6 Å². The third kappa shape index (κ3) is 4.41. The molecule has 0 saturated carbocycles. The molecule has 0 aliphatic heterocycles. The highest BCUT2D eigenvalue weighted by Crippen LogP contribution is 2.28. The van der Waals surface area contributed by atoms with Crippen LogP contribution in [0.1, 0.15) is 17.1 Å². The maximum atomic E-state index is 13.9. The maximum absolute atomic E-state index is 13.9. The van der Waals surface area contributed by atoms with Crippen molar-refractivity contribution in [1.82, 2.24) is 19.9 Å². The SMILES string of the molecule is COc1ccc(-c2nc(CSc3nnc(Cc4ccccc4F)n3N)cs2)cc1. The normalized spacial score (nSPS) is 11.0. The van der Waals surface area contributed by atoms with Gasteiger partial charge in [0.05, 0.1) is 12.8 Å². The van der Waals surface area contributed by atoms with E-state index in [0.29, 0.717) is 22.3 Å². The summed E-state index contributed by atoms with van der Waals surface area (Å²) in [5.41, 5.74) is 2.51. The molecule has 2 N–H and O–H groups in total. The first kappa shape index (κ1) is 19.4. The van der Waals surface area contributed by atoms with Crippen molar-refractivity contribution in [2.24, 2.45) is 0 Å². The lowest BCUT2D eigenvalue weighted by Gasteiger charge is -2.04. The van der Waals surface area contributed by atoms with Crippen molar-refractivity contribution in [2.75, 3.05) is 13.0 Å². The fourth-order valence-corrected chi connectivity index (χ4v) is 4.42. The van der Waals surface area contributed by atoms with Gasteiger partial charge in [-0.3, -0.25) is 0 Å². The molecule has 2 aromatic heterocycles. The Kier molecular flexibility index (Phi) is 5.77. The van der Waals surface area contributed by atoms with E-state index in [-0.39, 0.29) is 12.2 Å². The second-order valence-electron chi connectivity index (χ2n) is 6.20. The molecule has 29 heavy (non-hydrogen) atoms. The number of ether oxygens (including phenoxy) is 1. The Morgan fingerprint density at radius 1 is 1.14 bits per heavy atom. The number of thioether (sulfide) groups is 1. The van der Waals surface area contributed by atoms with Gasteiger partial charge in [-0.1, -0.05) is 30.0 Å². The Morgan fingerprint density at radius 3 is 2.69 bits per heavy atom. The van der Waals surface area contributed by atoms with E-state index < -0.39 is 0 Å². The molecule has 0 fully saturated rings. The van der Waals surface area contributed by atoms with Crippen molar-refractivity contribution in [2.45, 2.75) is 17.3 Å². The Morgan fingerprint density at radius 2 is 1.93 bits per heavy atom. The first-order chi connectivity index (χ1) is 14.1. The molecule has 0 aliphatic rings. The van der Waals surface area contributed by atoms with Crippen molar-refractivity contribution in [3.8, 4) is 16.3 Å². The van der Waals surface area contributed by atoms with Gasteiger partial charge in [0.15, 0.2) is 5.82 Å². The predicted molar refractivity (Wildman–Crippen MR) is 113 cm³/mol. The summed E-state index contributed by atoms with van der Waals surface area (Å²) in [5, 5.41) is 11.8. The molecule has 0 bridgehead atoms. The van der Waals surface area contributed by atoms with Gasteiger partial charge in [0, 0.05) is 23.1 Å². The van der Waals surface area contributed by atoms with Crippen molar-refractivity contribution in [3.63, 3.8) is 0 Å². The molecular weight excluding hydrogens is 409 g/mol. The summed E-state index contributed by atoms with van der Waals surface area (Å²) in [6.07, 6.45) is 0.287. The monoisotopic (exact) mass is 427 g/mol. The molecule has 4 rings (SSSR count).